The van der Waals surface area contributed by atoms with Gasteiger partial charge in [-0.3, -0.25) is 5.01 Å². The van der Waals surface area contributed by atoms with E-state index in [0.717, 1.165) is 5.01 Å². The molecule has 1 heterocycles. The van der Waals surface area contributed by atoms with Gasteiger partial charge in [-0.2, -0.15) is 0 Å². The standard InChI is InChI=1S/C6H12N2O5/c9-2-3-5(11)6(12)4(10)1-8(3)7-13/h3-6,9-12H,1-2H2/t3-,4+,5-,6-/m1/s1. The van der Waals surface area contributed by atoms with Crippen LogP contribution in [0.3, 0.4) is 0 Å². The van der Waals surface area contributed by atoms with E-state index in [1.807, 2.05) is 0 Å². The van der Waals surface area contributed by atoms with Crippen molar-refractivity contribution in [2.24, 2.45) is 5.29 Å². The average molecular weight is 192 g/mol. The second kappa shape index (κ2) is 3.97. The number of piperidine rings is 1. The molecule has 0 unspecified atom stereocenters. The van der Waals surface area contributed by atoms with Crippen LogP contribution in [-0.2, 0) is 0 Å². The molecule has 1 saturated heterocycles. The molecule has 0 aliphatic carbocycles. The minimum Gasteiger partial charge on any atom is -0.394 e. The highest BCUT2D eigenvalue weighted by atomic mass is 16.4. The van der Waals surface area contributed by atoms with Crippen molar-refractivity contribution in [2.45, 2.75) is 24.4 Å². The van der Waals surface area contributed by atoms with Crippen LogP contribution in [0, 0.1) is 4.91 Å². The number of β-amino-alcohol motifs (C(OH)–C–C–N with tert-alkyl or cyclic N) is 1. The first-order valence-corrected chi connectivity index (χ1v) is 3.86. The largest absolute Gasteiger partial charge is 0.394 e. The number of aliphatic hydroxyl groups is 4. The van der Waals surface area contributed by atoms with E-state index in [-0.39, 0.29) is 6.54 Å². The lowest BCUT2D eigenvalue weighted by molar-refractivity contribution is -0.145. The number of nitroso groups, excluding NO2 is 1. The zero-order chi connectivity index (χ0) is 10.0. The maximum absolute atomic E-state index is 10.2. The molecule has 7 heteroatoms. The van der Waals surface area contributed by atoms with E-state index in [9.17, 15) is 15.1 Å². The molecule has 1 aliphatic heterocycles. The summed E-state index contributed by atoms with van der Waals surface area (Å²) in [7, 11) is 0. The number of hydrogen-bond acceptors (Lipinski definition) is 6. The molecule has 4 atom stereocenters. The third-order valence-electron chi connectivity index (χ3n) is 2.19. The van der Waals surface area contributed by atoms with Crippen molar-refractivity contribution in [1.29, 1.82) is 0 Å². The van der Waals surface area contributed by atoms with E-state index in [1.54, 1.807) is 0 Å². The van der Waals surface area contributed by atoms with E-state index in [1.165, 1.54) is 0 Å². The molecule has 1 rings (SSSR count). The molecule has 0 radical (unpaired) electrons. The number of hydrogen-bond donors (Lipinski definition) is 4. The lowest BCUT2D eigenvalue weighted by Gasteiger charge is -2.39. The molecule has 0 saturated carbocycles. The summed E-state index contributed by atoms with van der Waals surface area (Å²) in [6.45, 7) is -0.691. The Morgan fingerprint density at radius 3 is 2.38 bits per heavy atom. The first kappa shape index (κ1) is 10.3. The highest BCUT2D eigenvalue weighted by molar-refractivity contribution is 4.92. The summed E-state index contributed by atoms with van der Waals surface area (Å²) in [5, 5.41) is 39.7. The van der Waals surface area contributed by atoms with Gasteiger partial charge in [-0.05, 0) is 0 Å². The van der Waals surface area contributed by atoms with Crippen molar-refractivity contribution >= 4 is 0 Å². The van der Waals surface area contributed by atoms with Gasteiger partial charge in [-0.1, -0.05) is 0 Å². The Morgan fingerprint density at radius 1 is 1.31 bits per heavy atom. The van der Waals surface area contributed by atoms with Gasteiger partial charge in [0.05, 0.1) is 18.4 Å². The Hall–Kier alpha value is -0.760. The van der Waals surface area contributed by atoms with Gasteiger partial charge in [-0.25, -0.2) is 0 Å². The smallest absolute Gasteiger partial charge is 0.110 e. The second-order valence-corrected chi connectivity index (χ2v) is 3.00. The molecule has 0 amide bonds. The summed E-state index contributed by atoms with van der Waals surface area (Å²) >= 11 is 0. The van der Waals surface area contributed by atoms with Gasteiger partial charge in [0.15, 0.2) is 0 Å². The van der Waals surface area contributed by atoms with Crippen molar-refractivity contribution in [3.8, 4) is 0 Å². The molecule has 4 N–H and O–H groups in total. The highest BCUT2D eigenvalue weighted by Crippen LogP contribution is 2.18. The molecule has 0 aromatic rings. The first-order valence-electron chi connectivity index (χ1n) is 3.86. The van der Waals surface area contributed by atoms with E-state index in [2.05, 4.69) is 5.29 Å². The molecule has 0 aromatic carbocycles. The molecule has 0 aromatic heterocycles. The van der Waals surface area contributed by atoms with Crippen LogP contribution < -0.4 is 0 Å². The van der Waals surface area contributed by atoms with E-state index >= 15 is 0 Å². The Morgan fingerprint density at radius 2 is 1.92 bits per heavy atom. The van der Waals surface area contributed by atoms with Gasteiger partial charge in [-0.15, -0.1) is 4.91 Å². The molecule has 76 valence electrons. The molecule has 0 spiro atoms. The topological polar surface area (TPSA) is 114 Å². The van der Waals surface area contributed by atoms with Crippen molar-refractivity contribution in [1.82, 2.24) is 5.01 Å². The molecule has 7 nitrogen and oxygen atoms in total. The summed E-state index contributed by atoms with van der Waals surface area (Å²) in [6.07, 6.45) is -3.95. The zero-order valence-electron chi connectivity index (χ0n) is 6.82. The Balaban J connectivity index is 2.74. The summed E-state index contributed by atoms with van der Waals surface area (Å²) in [6, 6.07) is -0.948. The van der Waals surface area contributed by atoms with Crippen LogP contribution in [0.1, 0.15) is 0 Å². The van der Waals surface area contributed by atoms with Gasteiger partial charge >= 0.3 is 0 Å². The second-order valence-electron chi connectivity index (χ2n) is 3.00. The predicted octanol–water partition coefficient (Wildman–Crippen LogP) is -2.57. The third-order valence-corrected chi connectivity index (χ3v) is 2.19. The first-order chi connectivity index (χ1) is 6.11. The Kier molecular flexibility index (Phi) is 3.15. The van der Waals surface area contributed by atoms with Crippen LogP contribution in [0.25, 0.3) is 0 Å². The van der Waals surface area contributed by atoms with E-state index in [0.29, 0.717) is 0 Å². The Bertz CT molecular complexity index is 190. The van der Waals surface area contributed by atoms with Crippen LogP contribution in [-0.4, -0.2) is 62.9 Å². The lowest BCUT2D eigenvalue weighted by atomic mass is 9.96. The van der Waals surface area contributed by atoms with Gasteiger partial charge in [0.2, 0.25) is 0 Å². The normalized spacial score (nSPS) is 40.5. The monoisotopic (exact) mass is 192 g/mol. The van der Waals surface area contributed by atoms with E-state index in [4.69, 9.17) is 10.2 Å². The fourth-order valence-electron chi connectivity index (χ4n) is 1.36. The zero-order valence-corrected chi connectivity index (χ0v) is 6.82. The van der Waals surface area contributed by atoms with Crippen LogP contribution in [0.2, 0.25) is 0 Å². The van der Waals surface area contributed by atoms with Crippen molar-refractivity contribution in [2.75, 3.05) is 13.2 Å². The molecule has 0 bridgehead atoms. The maximum atomic E-state index is 10.2. The fourth-order valence-corrected chi connectivity index (χ4v) is 1.36. The minimum absolute atomic E-state index is 0.188. The molecular formula is C6H12N2O5. The third kappa shape index (κ3) is 1.78. The molecule has 1 fully saturated rings. The summed E-state index contributed by atoms with van der Waals surface area (Å²) in [5.41, 5.74) is 0. The molecule has 1 aliphatic rings. The van der Waals surface area contributed by atoms with Crippen LogP contribution in [0.15, 0.2) is 5.29 Å². The highest BCUT2D eigenvalue weighted by Gasteiger charge is 2.41. The molecule has 13 heavy (non-hydrogen) atoms. The molecular weight excluding hydrogens is 180 g/mol. The van der Waals surface area contributed by atoms with Gasteiger partial charge in [0.1, 0.15) is 24.4 Å². The summed E-state index contributed by atoms with van der Waals surface area (Å²) in [5.74, 6) is 0. The number of rotatable bonds is 2. The van der Waals surface area contributed by atoms with Crippen molar-refractivity contribution in [3.05, 3.63) is 4.91 Å². The van der Waals surface area contributed by atoms with Crippen LogP contribution in [0.4, 0.5) is 0 Å². The van der Waals surface area contributed by atoms with Crippen LogP contribution in [0.5, 0.6) is 0 Å². The van der Waals surface area contributed by atoms with E-state index < -0.39 is 31.0 Å². The van der Waals surface area contributed by atoms with Gasteiger partial charge < -0.3 is 20.4 Å². The summed E-state index contributed by atoms with van der Waals surface area (Å²) in [4.78, 5) is 10.2. The number of aliphatic hydroxyl groups excluding tert-OH is 4. The SMILES string of the molecule is O=NN1C[C@H](O)[C@@H](O)[C@H](O)[C@H]1CO. The predicted molar refractivity (Wildman–Crippen MR) is 41.4 cm³/mol. The average Bonchev–Trinajstić information content (AvgIpc) is 2.13. The lowest BCUT2D eigenvalue weighted by Crippen LogP contribution is -2.60. The minimum atomic E-state index is -1.37. The van der Waals surface area contributed by atoms with Gasteiger partial charge in [0, 0.05) is 0 Å². The maximum Gasteiger partial charge on any atom is 0.110 e. The fraction of sp³-hybridized carbons (Fsp3) is 1.00. The van der Waals surface area contributed by atoms with Crippen LogP contribution >= 0.6 is 0 Å². The number of nitrogens with zero attached hydrogens (tertiary/aromatic N) is 2. The summed E-state index contributed by atoms with van der Waals surface area (Å²) < 4.78 is 0. The van der Waals surface area contributed by atoms with Crippen molar-refractivity contribution < 1.29 is 20.4 Å². The van der Waals surface area contributed by atoms with Crippen molar-refractivity contribution in [3.63, 3.8) is 0 Å². The Labute approximate surface area is 74.2 Å². The van der Waals surface area contributed by atoms with Gasteiger partial charge in [0.25, 0.3) is 0 Å². The quantitative estimate of drug-likeness (QED) is 0.357.